The number of aromatic nitrogens is 2. The summed E-state index contributed by atoms with van der Waals surface area (Å²) in [5.41, 5.74) is 19.6. The van der Waals surface area contributed by atoms with Gasteiger partial charge in [0.05, 0.1) is 23.4 Å². The van der Waals surface area contributed by atoms with Crippen LogP contribution in [-0.2, 0) is 18.4 Å². The lowest BCUT2D eigenvalue weighted by atomic mass is 9.76. The highest BCUT2D eigenvalue weighted by atomic mass is 15.1. The number of rotatable bonds is 7. The standard InChI is InChI=1S/C31H30N4/c1-23-30(20-18-24-17-19-28(32)29(33)21-24)34-22-35(23)31(25-11-5-2-6-12-25,26-13-7-3-8-14-26)27-15-9-4-10-16-27/h2-17,19,21-22H,18,20,32-33H2,1H3. The Morgan fingerprint density at radius 2 is 1.17 bits per heavy atom. The summed E-state index contributed by atoms with van der Waals surface area (Å²) in [5, 5.41) is 0. The fraction of sp³-hybridized carbons (Fsp3) is 0.129. The van der Waals surface area contributed by atoms with Gasteiger partial charge in [-0.25, -0.2) is 4.98 Å². The Labute approximate surface area is 206 Å². The van der Waals surface area contributed by atoms with E-state index in [9.17, 15) is 0 Å². The van der Waals surface area contributed by atoms with Crippen molar-refractivity contribution in [2.45, 2.75) is 25.3 Å². The van der Waals surface area contributed by atoms with Crippen LogP contribution in [0.3, 0.4) is 0 Å². The molecule has 5 aromatic rings. The normalized spacial score (nSPS) is 11.5. The second kappa shape index (κ2) is 9.51. The zero-order valence-electron chi connectivity index (χ0n) is 19.9. The maximum Gasteiger partial charge on any atom is 0.121 e. The molecule has 4 N–H and O–H groups in total. The lowest BCUT2D eigenvalue weighted by Crippen LogP contribution is -2.38. The molecule has 0 bridgehead atoms. The Balaban J connectivity index is 1.65. The van der Waals surface area contributed by atoms with Crippen LogP contribution in [0.4, 0.5) is 11.4 Å². The van der Waals surface area contributed by atoms with Gasteiger partial charge in [0.15, 0.2) is 0 Å². The van der Waals surface area contributed by atoms with Crippen LogP contribution >= 0.6 is 0 Å². The van der Waals surface area contributed by atoms with E-state index < -0.39 is 5.54 Å². The SMILES string of the molecule is Cc1c(CCc2ccc(N)c(N)c2)ncn1C(c1ccccc1)(c1ccccc1)c1ccccc1. The van der Waals surface area contributed by atoms with Gasteiger partial charge in [-0.3, -0.25) is 0 Å². The first kappa shape index (κ1) is 22.5. The van der Waals surface area contributed by atoms with E-state index in [1.165, 1.54) is 16.7 Å². The maximum absolute atomic E-state index is 6.03. The summed E-state index contributed by atoms with van der Waals surface area (Å²) in [5.74, 6) is 0. The van der Waals surface area contributed by atoms with Crippen LogP contribution in [0.1, 0.15) is 33.6 Å². The third kappa shape index (κ3) is 4.08. The summed E-state index contributed by atoms with van der Waals surface area (Å²) in [6, 6.07) is 37.9. The lowest BCUT2D eigenvalue weighted by Gasteiger charge is -2.38. The minimum Gasteiger partial charge on any atom is -0.397 e. The minimum absolute atomic E-state index is 0.551. The monoisotopic (exact) mass is 458 g/mol. The molecule has 0 aliphatic rings. The molecule has 4 aromatic carbocycles. The number of hydrogen-bond donors (Lipinski definition) is 2. The van der Waals surface area contributed by atoms with Gasteiger partial charge in [0.2, 0.25) is 0 Å². The Hall–Kier alpha value is -4.31. The van der Waals surface area contributed by atoms with E-state index in [1.807, 2.05) is 24.5 Å². The van der Waals surface area contributed by atoms with Crippen LogP contribution in [0, 0.1) is 6.92 Å². The number of nitrogens with two attached hydrogens (primary N) is 2. The Morgan fingerprint density at radius 3 is 1.66 bits per heavy atom. The van der Waals surface area contributed by atoms with Crippen LogP contribution in [0.2, 0.25) is 0 Å². The first-order valence-corrected chi connectivity index (χ1v) is 11.9. The summed E-state index contributed by atoms with van der Waals surface area (Å²) < 4.78 is 2.33. The molecule has 0 unspecified atom stereocenters. The van der Waals surface area contributed by atoms with Crippen molar-refractivity contribution >= 4 is 11.4 Å². The highest BCUT2D eigenvalue weighted by Gasteiger charge is 2.39. The number of nitrogens with zero attached hydrogens (tertiary/aromatic N) is 2. The fourth-order valence-corrected chi connectivity index (χ4v) is 5.03. The van der Waals surface area contributed by atoms with Gasteiger partial charge in [0, 0.05) is 5.69 Å². The number of imidazole rings is 1. The molecule has 0 spiro atoms. The van der Waals surface area contributed by atoms with Crippen molar-refractivity contribution in [2.24, 2.45) is 0 Å². The summed E-state index contributed by atoms with van der Waals surface area (Å²) in [6.45, 7) is 2.17. The van der Waals surface area contributed by atoms with Gasteiger partial charge < -0.3 is 16.0 Å². The van der Waals surface area contributed by atoms with Gasteiger partial charge in [-0.2, -0.15) is 0 Å². The summed E-state index contributed by atoms with van der Waals surface area (Å²) in [4.78, 5) is 4.92. The quantitative estimate of drug-likeness (QED) is 0.233. The average molecular weight is 459 g/mol. The van der Waals surface area contributed by atoms with Crippen LogP contribution in [0.5, 0.6) is 0 Å². The molecule has 35 heavy (non-hydrogen) atoms. The molecule has 0 fully saturated rings. The van der Waals surface area contributed by atoms with Gasteiger partial charge in [-0.05, 0) is 54.2 Å². The molecule has 0 amide bonds. The zero-order chi connectivity index (χ0) is 24.3. The van der Waals surface area contributed by atoms with Gasteiger partial charge in [0.25, 0.3) is 0 Å². The Morgan fingerprint density at radius 1 is 0.657 bits per heavy atom. The molecule has 0 aliphatic heterocycles. The van der Waals surface area contributed by atoms with E-state index >= 15 is 0 Å². The molecule has 4 nitrogen and oxygen atoms in total. The highest BCUT2D eigenvalue weighted by molar-refractivity contribution is 5.64. The molecule has 4 heteroatoms. The summed E-state index contributed by atoms with van der Waals surface area (Å²) >= 11 is 0. The van der Waals surface area contributed by atoms with Crippen molar-refractivity contribution in [1.29, 1.82) is 0 Å². The molecule has 0 atom stereocenters. The van der Waals surface area contributed by atoms with Crippen molar-refractivity contribution < 1.29 is 0 Å². The number of aryl methyl sites for hydroxylation is 2. The number of nitrogen functional groups attached to an aromatic ring is 2. The highest BCUT2D eigenvalue weighted by Crippen LogP contribution is 2.41. The molecule has 5 rings (SSSR count). The average Bonchev–Trinajstić information content (AvgIpc) is 3.27. The second-order valence-electron chi connectivity index (χ2n) is 8.92. The predicted molar refractivity (Wildman–Crippen MR) is 144 cm³/mol. The van der Waals surface area contributed by atoms with Gasteiger partial charge >= 0.3 is 0 Å². The van der Waals surface area contributed by atoms with Gasteiger partial charge in [-0.1, -0.05) is 97.1 Å². The maximum atomic E-state index is 6.03. The largest absolute Gasteiger partial charge is 0.397 e. The molecule has 174 valence electrons. The number of hydrogen-bond acceptors (Lipinski definition) is 3. The van der Waals surface area contributed by atoms with Crippen LogP contribution in [0.25, 0.3) is 0 Å². The fourth-order valence-electron chi connectivity index (χ4n) is 5.03. The van der Waals surface area contributed by atoms with Crippen molar-refractivity contribution in [2.75, 3.05) is 11.5 Å². The van der Waals surface area contributed by atoms with E-state index in [0.717, 1.165) is 29.8 Å². The van der Waals surface area contributed by atoms with Gasteiger partial charge in [0.1, 0.15) is 5.54 Å². The first-order valence-electron chi connectivity index (χ1n) is 11.9. The van der Waals surface area contributed by atoms with Crippen molar-refractivity contribution in [3.8, 4) is 0 Å². The van der Waals surface area contributed by atoms with Crippen LogP contribution in [0.15, 0.2) is 116 Å². The molecule has 0 saturated heterocycles. The van der Waals surface area contributed by atoms with Crippen molar-refractivity contribution in [1.82, 2.24) is 9.55 Å². The smallest absolute Gasteiger partial charge is 0.121 e. The molecule has 1 aromatic heterocycles. The Bertz CT molecular complexity index is 1310. The molecular weight excluding hydrogens is 428 g/mol. The van der Waals surface area contributed by atoms with Crippen LogP contribution < -0.4 is 11.5 Å². The van der Waals surface area contributed by atoms with E-state index in [4.69, 9.17) is 16.5 Å². The van der Waals surface area contributed by atoms with E-state index in [1.54, 1.807) is 0 Å². The summed E-state index contributed by atoms with van der Waals surface area (Å²) in [7, 11) is 0. The van der Waals surface area contributed by atoms with E-state index in [2.05, 4.69) is 102 Å². The lowest BCUT2D eigenvalue weighted by molar-refractivity contribution is 0.503. The van der Waals surface area contributed by atoms with E-state index in [0.29, 0.717) is 11.4 Å². The van der Waals surface area contributed by atoms with Crippen LogP contribution in [-0.4, -0.2) is 9.55 Å². The minimum atomic E-state index is -0.551. The third-order valence-corrected chi connectivity index (χ3v) is 6.85. The number of anilines is 2. The molecule has 1 heterocycles. The predicted octanol–water partition coefficient (Wildman–Crippen LogP) is 5.98. The third-order valence-electron chi connectivity index (χ3n) is 6.85. The molecular formula is C31H30N4. The van der Waals surface area contributed by atoms with Gasteiger partial charge in [-0.15, -0.1) is 0 Å². The molecule has 0 radical (unpaired) electrons. The first-order chi connectivity index (χ1) is 17.1. The second-order valence-corrected chi connectivity index (χ2v) is 8.92. The summed E-state index contributed by atoms with van der Waals surface area (Å²) in [6.07, 6.45) is 3.66. The zero-order valence-corrected chi connectivity index (χ0v) is 19.9. The topological polar surface area (TPSA) is 69.9 Å². The molecule has 0 aliphatic carbocycles. The Kier molecular flexibility index (Phi) is 6.11. The van der Waals surface area contributed by atoms with Crippen molar-refractivity contribution in [3.63, 3.8) is 0 Å². The van der Waals surface area contributed by atoms with E-state index in [-0.39, 0.29) is 0 Å². The molecule has 0 saturated carbocycles. The number of benzene rings is 4. The van der Waals surface area contributed by atoms with Crippen molar-refractivity contribution in [3.05, 3.63) is 149 Å².